The average molecular weight is 1060 g/mol. The summed E-state index contributed by atoms with van der Waals surface area (Å²) >= 11 is 0. The molecule has 0 atom stereocenters. The minimum absolute atomic E-state index is 0. The normalized spacial score (nSPS) is 12.5. The van der Waals surface area contributed by atoms with Gasteiger partial charge in [0, 0.05) is 21.9 Å². The maximum absolute atomic E-state index is 7.36. The van der Waals surface area contributed by atoms with Crippen molar-refractivity contribution < 1.29 is 52.6 Å². The van der Waals surface area contributed by atoms with E-state index in [9.17, 15) is 0 Å². The number of nitrogens with zero attached hydrogens (tertiary/aromatic N) is 6. The smallest absolute Gasteiger partial charge is 0.245 e. The van der Waals surface area contributed by atoms with Crippen LogP contribution >= 0.6 is 0 Å². The summed E-state index contributed by atoms with van der Waals surface area (Å²) in [5.41, 5.74) is 12.5. The molecule has 0 saturated carbocycles. The average Bonchev–Trinajstić information content (AvgIpc) is 3.92. The molecule has 0 N–H and O–H groups in total. The van der Waals surface area contributed by atoms with Gasteiger partial charge in [0.2, 0.25) is 24.4 Å². The van der Waals surface area contributed by atoms with Crippen LogP contribution in [0.5, 0.6) is 23.3 Å². The molecule has 0 saturated heterocycles. The summed E-state index contributed by atoms with van der Waals surface area (Å²) in [4.78, 5) is 10.6. The van der Waals surface area contributed by atoms with Crippen LogP contribution in [0.25, 0.3) is 76.5 Å². The summed E-state index contributed by atoms with van der Waals surface area (Å²) in [5.74, 6) is 2.43. The number of hydrogen-bond donors (Lipinski definition) is 0. The first-order valence-corrected chi connectivity index (χ1v) is 23.8. The fourth-order valence-electron chi connectivity index (χ4n) is 10.7. The van der Waals surface area contributed by atoms with Crippen LogP contribution in [0.2, 0.25) is 0 Å². The Hall–Kier alpha value is -8.18. The van der Waals surface area contributed by atoms with Gasteiger partial charge < -0.3 is 43.4 Å². The molecule has 10 heteroatoms. The summed E-state index contributed by atoms with van der Waals surface area (Å²) < 4.78 is 24.1. The van der Waals surface area contributed by atoms with Gasteiger partial charge in [-0.3, -0.25) is 0 Å². The molecule has 0 aliphatic carbocycles. The van der Waals surface area contributed by atoms with Gasteiger partial charge in [-0.2, -0.15) is 0 Å². The second-order valence-electron chi connectivity index (χ2n) is 18.4. The van der Waals surface area contributed by atoms with Crippen molar-refractivity contribution >= 4 is 65.4 Å². The predicted octanol–water partition coefficient (Wildman–Crippen LogP) is 7.34. The molecule has 4 aromatic heterocycles. The maximum Gasteiger partial charge on any atom is 0.245 e. The summed E-state index contributed by atoms with van der Waals surface area (Å²) in [6, 6.07) is 72.8. The molecule has 0 amide bonds. The van der Waals surface area contributed by atoms with E-state index in [0.717, 1.165) is 87.7 Å². The number of imidazole rings is 2. The molecule has 14 rings (SSSR count). The minimum Gasteiger partial charge on any atom is -1.00 e. The maximum atomic E-state index is 7.36. The van der Waals surface area contributed by atoms with Crippen molar-refractivity contribution in [2.24, 2.45) is 0 Å². The van der Waals surface area contributed by atoms with Crippen LogP contribution in [0.3, 0.4) is 0 Å². The lowest BCUT2D eigenvalue weighted by molar-refractivity contribution is -0.664. The fraction of sp³-hybridized carbons (Fsp3) is 0.0645. The summed E-state index contributed by atoms with van der Waals surface area (Å²) in [5, 5.41) is 6.32. The van der Waals surface area contributed by atoms with Crippen molar-refractivity contribution in [1.29, 1.82) is 0 Å². The Bertz CT molecular complexity index is 3970. The van der Waals surface area contributed by atoms with Gasteiger partial charge in [0.15, 0.2) is 22.1 Å². The number of benzene rings is 9. The molecule has 1 aliphatic rings. The largest absolute Gasteiger partial charge is 1.00 e. The van der Waals surface area contributed by atoms with Crippen molar-refractivity contribution in [2.75, 3.05) is 0 Å². The molecule has 5 heterocycles. The van der Waals surface area contributed by atoms with Crippen LogP contribution in [0, 0.1) is 0 Å². The van der Waals surface area contributed by atoms with Crippen molar-refractivity contribution in [1.82, 2.24) is 19.1 Å². The van der Waals surface area contributed by atoms with Gasteiger partial charge in [0.05, 0.1) is 22.2 Å². The van der Waals surface area contributed by atoms with Crippen molar-refractivity contribution in [3.8, 4) is 34.4 Å². The number of pyridine rings is 2. The standard InChI is InChI=1S/C62H44N6O2.2BrH/c1-5-20-49-43(16-1)28-30-57-59(49)60-50-21-6-2-17-44(50)29-31-58(60)70-62-48(34-46-19-4-8-23-52(46)64-62)38-68-40-66(54-25-10-12-27-56(54)68)36-42-15-13-14-41(32-42)35-65-39-67(55-26-11-9-24-53(55)65)37-47-33-45-18-3-7-22-51(45)63-61(47)69-57;;/h1-34,39-40H,35-38H2;2*1H/q+2;;/p-2. The first-order chi connectivity index (χ1) is 34.6. The lowest BCUT2D eigenvalue weighted by Gasteiger charge is -2.20. The summed E-state index contributed by atoms with van der Waals surface area (Å²) in [7, 11) is 0. The first kappa shape index (κ1) is 45.0. The van der Waals surface area contributed by atoms with E-state index in [0.29, 0.717) is 49.4 Å². The second kappa shape index (κ2) is 18.5. The Labute approximate surface area is 436 Å². The molecule has 1 aliphatic heterocycles. The van der Waals surface area contributed by atoms with Crippen molar-refractivity contribution in [2.45, 2.75) is 26.2 Å². The van der Waals surface area contributed by atoms with E-state index in [-0.39, 0.29) is 34.0 Å². The number of ether oxygens (including phenoxy) is 2. The number of para-hydroxylation sites is 6. The second-order valence-corrected chi connectivity index (χ2v) is 18.4. The van der Waals surface area contributed by atoms with E-state index in [1.165, 1.54) is 11.1 Å². The molecular weight excluding hydrogens is 1020 g/mol. The summed E-state index contributed by atoms with van der Waals surface area (Å²) in [6.45, 7) is 2.48. The zero-order chi connectivity index (χ0) is 46.1. The summed E-state index contributed by atoms with van der Waals surface area (Å²) in [6.07, 6.45) is 4.48. The molecule has 9 aromatic carbocycles. The Kier molecular flexibility index (Phi) is 11.6. The predicted molar refractivity (Wildman–Crippen MR) is 278 cm³/mol. The number of rotatable bonds is 0. The lowest BCUT2D eigenvalue weighted by atomic mass is 9.92. The first-order valence-electron chi connectivity index (χ1n) is 23.8. The Morgan fingerprint density at radius 3 is 1.29 bits per heavy atom. The fourth-order valence-corrected chi connectivity index (χ4v) is 10.7. The highest BCUT2D eigenvalue weighted by molar-refractivity contribution is 6.10. The highest BCUT2D eigenvalue weighted by Crippen LogP contribution is 2.48. The Morgan fingerprint density at radius 2 is 0.806 bits per heavy atom. The third-order valence-electron chi connectivity index (χ3n) is 13.9. The number of hydrogen-bond acceptors (Lipinski definition) is 4. The lowest BCUT2D eigenvalue weighted by Crippen LogP contribution is -3.00. The van der Waals surface area contributed by atoms with E-state index >= 15 is 0 Å². The van der Waals surface area contributed by atoms with E-state index in [1.54, 1.807) is 0 Å². The van der Waals surface area contributed by atoms with Gasteiger partial charge in [0.1, 0.15) is 37.7 Å². The van der Waals surface area contributed by atoms with Gasteiger partial charge >= 0.3 is 0 Å². The molecule has 348 valence electrons. The van der Waals surface area contributed by atoms with Crippen molar-refractivity contribution in [3.05, 3.63) is 241 Å². The molecule has 0 fully saturated rings. The van der Waals surface area contributed by atoms with E-state index in [4.69, 9.17) is 19.4 Å². The van der Waals surface area contributed by atoms with Gasteiger partial charge in [0.25, 0.3) is 0 Å². The van der Waals surface area contributed by atoms with Crippen LogP contribution in [-0.2, 0) is 26.2 Å². The number of halogens is 2. The molecule has 8 nitrogen and oxygen atoms in total. The topological polar surface area (TPSA) is 61.9 Å². The zero-order valence-electron chi connectivity index (χ0n) is 38.9. The molecule has 0 unspecified atom stereocenters. The van der Waals surface area contributed by atoms with Crippen LogP contribution in [0.4, 0.5) is 0 Å². The molecule has 13 aromatic rings. The molecule has 0 spiro atoms. The van der Waals surface area contributed by atoms with E-state index in [2.05, 4.69) is 225 Å². The zero-order valence-corrected chi connectivity index (χ0v) is 42.0. The van der Waals surface area contributed by atoms with Gasteiger partial charge in [-0.15, -0.1) is 0 Å². The Morgan fingerprint density at radius 1 is 0.389 bits per heavy atom. The van der Waals surface area contributed by atoms with Gasteiger partial charge in [-0.25, -0.2) is 28.2 Å². The number of fused-ring (bicyclic) bond motifs is 23. The third kappa shape index (κ3) is 7.93. The van der Waals surface area contributed by atoms with Gasteiger partial charge in [-0.05, 0) is 99.4 Å². The van der Waals surface area contributed by atoms with Crippen LogP contribution in [0.15, 0.2) is 219 Å². The van der Waals surface area contributed by atoms with Gasteiger partial charge in [-0.1, -0.05) is 140 Å². The minimum atomic E-state index is 0. The highest BCUT2D eigenvalue weighted by Gasteiger charge is 2.26. The quantitative estimate of drug-likeness (QED) is 0.149. The molecule has 0 radical (unpaired) electrons. The molecule has 6 bridgehead atoms. The van der Waals surface area contributed by atoms with Crippen LogP contribution in [-0.4, -0.2) is 19.1 Å². The highest BCUT2D eigenvalue weighted by atomic mass is 79.9. The van der Waals surface area contributed by atoms with Crippen LogP contribution in [0.1, 0.15) is 22.3 Å². The SMILES string of the molecule is [Br-].[Br-].c1cc2cc(c1)C[n+]1cn(c3ccccc31)Cc1cc3ccccc3nc1Oc1ccc3ccccc3c1-c1c(ccc3ccccc13)Oc1nc3ccccc3cc1Cn1c[n+](c3ccccc31)C2. The van der Waals surface area contributed by atoms with Crippen LogP contribution < -0.4 is 52.6 Å². The third-order valence-corrected chi connectivity index (χ3v) is 13.9. The molecule has 72 heavy (non-hydrogen) atoms. The molecular formula is C62H44Br2N6O2. The van der Waals surface area contributed by atoms with E-state index in [1.807, 2.05) is 12.1 Å². The Balaban J connectivity index is 0.00000265. The monoisotopic (exact) mass is 1060 g/mol. The van der Waals surface area contributed by atoms with Crippen molar-refractivity contribution in [3.63, 3.8) is 0 Å². The van der Waals surface area contributed by atoms with E-state index < -0.39 is 0 Å². The number of aromatic nitrogens is 6.